The summed E-state index contributed by atoms with van der Waals surface area (Å²) < 4.78 is 0. The molecule has 0 aliphatic rings. The molecule has 0 saturated carbocycles. The second-order valence-corrected chi connectivity index (χ2v) is 4.87. The summed E-state index contributed by atoms with van der Waals surface area (Å²) in [5, 5.41) is 5.49. The number of aryl methyl sites for hydroxylation is 2. The number of rotatable bonds is 3. The molecule has 0 aliphatic heterocycles. The van der Waals surface area contributed by atoms with Gasteiger partial charge in [-0.2, -0.15) is 0 Å². The first-order valence-electron chi connectivity index (χ1n) is 5.36. The average Bonchev–Trinajstić information content (AvgIpc) is 2.69. The highest BCUT2D eigenvalue weighted by molar-refractivity contribution is 7.10. The summed E-state index contributed by atoms with van der Waals surface area (Å²) in [6, 6.07) is 6.62. The standard InChI is InChI=1S/C13H16N2S/c1-9-6-7-16-13(9)12(14-3)11-5-4-10(2)15-8-11/h4-8,12,14H,1-3H3. The van der Waals surface area contributed by atoms with Crippen molar-refractivity contribution in [1.29, 1.82) is 0 Å². The Balaban J connectivity index is 2.37. The zero-order valence-electron chi connectivity index (χ0n) is 9.82. The van der Waals surface area contributed by atoms with E-state index in [-0.39, 0.29) is 6.04 Å². The van der Waals surface area contributed by atoms with E-state index in [0.717, 1.165) is 5.69 Å². The normalized spacial score (nSPS) is 12.7. The summed E-state index contributed by atoms with van der Waals surface area (Å²) in [4.78, 5) is 5.72. The van der Waals surface area contributed by atoms with Gasteiger partial charge in [0.25, 0.3) is 0 Å². The molecule has 1 N–H and O–H groups in total. The lowest BCUT2D eigenvalue weighted by molar-refractivity contribution is 0.696. The third-order valence-corrected chi connectivity index (χ3v) is 3.80. The van der Waals surface area contributed by atoms with Gasteiger partial charge in [-0.15, -0.1) is 11.3 Å². The zero-order valence-corrected chi connectivity index (χ0v) is 10.6. The van der Waals surface area contributed by atoms with Gasteiger partial charge in [0.1, 0.15) is 0 Å². The number of hydrogen-bond donors (Lipinski definition) is 1. The van der Waals surface area contributed by atoms with Crippen molar-refractivity contribution in [3.8, 4) is 0 Å². The van der Waals surface area contributed by atoms with Crippen molar-refractivity contribution in [3.63, 3.8) is 0 Å². The fourth-order valence-electron chi connectivity index (χ4n) is 1.78. The van der Waals surface area contributed by atoms with Gasteiger partial charge in [-0.25, -0.2) is 0 Å². The number of hydrogen-bond acceptors (Lipinski definition) is 3. The molecule has 1 atom stereocenters. The maximum absolute atomic E-state index is 4.35. The third-order valence-electron chi connectivity index (χ3n) is 2.72. The third kappa shape index (κ3) is 2.15. The lowest BCUT2D eigenvalue weighted by atomic mass is 10.1. The lowest BCUT2D eigenvalue weighted by Gasteiger charge is -2.16. The van der Waals surface area contributed by atoms with Crippen LogP contribution in [-0.2, 0) is 0 Å². The fraction of sp³-hybridized carbons (Fsp3) is 0.308. The molecule has 84 valence electrons. The van der Waals surface area contributed by atoms with Crippen molar-refractivity contribution >= 4 is 11.3 Å². The highest BCUT2D eigenvalue weighted by Crippen LogP contribution is 2.28. The van der Waals surface area contributed by atoms with Crippen LogP contribution in [0.3, 0.4) is 0 Å². The SMILES string of the molecule is CNC(c1ccc(C)nc1)c1sccc1C. The molecule has 1 unspecified atom stereocenters. The van der Waals surface area contributed by atoms with Gasteiger partial charge in [-0.3, -0.25) is 4.98 Å². The van der Waals surface area contributed by atoms with Crippen LogP contribution < -0.4 is 5.32 Å². The summed E-state index contributed by atoms with van der Waals surface area (Å²) in [7, 11) is 1.99. The first kappa shape index (κ1) is 11.3. The Morgan fingerprint density at radius 3 is 2.56 bits per heavy atom. The molecular formula is C13H16N2S. The molecule has 0 fully saturated rings. The first-order valence-corrected chi connectivity index (χ1v) is 6.24. The second-order valence-electron chi connectivity index (χ2n) is 3.92. The fourth-order valence-corrected chi connectivity index (χ4v) is 2.84. The largest absolute Gasteiger partial charge is 0.309 e. The Hall–Kier alpha value is -1.19. The highest BCUT2D eigenvalue weighted by atomic mass is 32.1. The van der Waals surface area contributed by atoms with E-state index in [4.69, 9.17) is 0 Å². The van der Waals surface area contributed by atoms with Crippen LogP contribution in [0.4, 0.5) is 0 Å². The molecule has 0 bridgehead atoms. The first-order chi connectivity index (χ1) is 7.72. The van der Waals surface area contributed by atoms with Crippen LogP contribution in [0.15, 0.2) is 29.8 Å². The summed E-state index contributed by atoms with van der Waals surface area (Å²) in [6.45, 7) is 4.16. The van der Waals surface area contributed by atoms with E-state index in [9.17, 15) is 0 Å². The van der Waals surface area contributed by atoms with Crippen LogP contribution in [0.2, 0.25) is 0 Å². The number of nitrogens with one attached hydrogen (secondary N) is 1. The molecule has 2 aromatic rings. The summed E-state index contributed by atoms with van der Waals surface area (Å²) in [5.74, 6) is 0. The molecule has 0 amide bonds. The lowest BCUT2D eigenvalue weighted by Crippen LogP contribution is -2.17. The molecule has 0 aromatic carbocycles. The van der Waals surface area contributed by atoms with Crippen molar-refractivity contribution < 1.29 is 0 Å². The molecule has 0 aliphatic carbocycles. The van der Waals surface area contributed by atoms with E-state index in [1.165, 1.54) is 16.0 Å². The topological polar surface area (TPSA) is 24.9 Å². The van der Waals surface area contributed by atoms with Crippen molar-refractivity contribution in [2.24, 2.45) is 0 Å². The summed E-state index contributed by atoms with van der Waals surface area (Å²) in [5.41, 5.74) is 3.62. The molecule has 0 spiro atoms. The zero-order chi connectivity index (χ0) is 11.5. The Morgan fingerprint density at radius 1 is 1.25 bits per heavy atom. The number of aromatic nitrogens is 1. The van der Waals surface area contributed by atoms with Crippen LogP contribution in [0.25, 0.3) is 0 Å². The molecule has 16 heavy (non-hydrogen) atoms. The van der Waals surface area contributed by atoms with Gasteiger partial charge in [-0.05, 0) is 49.5 Å². The van der Waals surface area contributed by atoms with E-state index in [0.29, 0.717) is 0 Å². The highest BCUT2D eigenvalue weighted by Gasteiger charge is 2.15. The Morgan fingerprint density at radius 2 is 2.06 bits per heavy atom. The Bertz CT molecular complexity index is 459. The molecule has 2 aromatic heterocycles. The molecule has 0 saturated heterocycles. The number of nitrogens with zero attached hydrogens (tertiary/aromatic N) is 1. The maximum atomic E-state index is 4.35. The predicted octanol–water partition coefficient (Wildman–Crippen LogP) is 3.07. The van der Waals surface area contributed by atoms with Crippen molar-refractivity contribution in [1.82, 2.24) is 10.3 Å². The quantitative estimate of drug-likeness (QED) is 0.879. The summed E-state index contributed by atoms with van der Waals surface area (Å²) in [6.07, 6.45) is 1.95. The van der Waals surface area contributed by atoms with Gasteiger partial charge >= 0.3 is 0 Å². The van der Waals surface area contributed by atoms with Crippen LogP contribution in [0, 0.1) is 13.8 Å². The molecule has 3 heteroatoms. The van der Waals surface area contributed by atoms with Crippen LogP contribution in [0.5, 0.6) is 0 Å². The van der Waals surface area contributed by atoms with Gasteiger partial charge in [0.15, 0.2) is 0 Å². The predicted molar refractivity (Wildman–Crippen MR) is 68.9 cm³/mol. The molecule has 2 heterocycles. The molecule has 2 rings (SSSR count). The summed E-state index contributed by atoms with van der Waals surface area (Å²) >= 11 is 1.79. The monoisotopic (exact) mass is 232 g/mol. The van der Waals surface area contributed by atoms with Crippen LogP contribution in [0.1, 0.15) is 27.7 Å². The second kappa shape index (κ2) is 4.76. The van der Waals surface area contributed by atoms with Gasteiger partial charge in [0.2, 0.25) is 0 Å². The minimum absolute atomic E-state index is 0.257. The van der Waals surface area contributed by atoms with Crippen LogP contribution >= 0.6 is 11.3 Å². The minimum atomic E-state index is 0.257. The number of thiophene rings is 1. The Labute approximate surface area is 100 Å². The van der Waals surface area contributed by atoms with Crippen molar-refractivity contribution in [2.45, 2.75) is 19.9 Å². The molecule has 2 nitrogen and oxygen atoms in total. The van der Waals surface area contributed by atoms with E-state index in [1.807, 2.05) is 20.2 Å². The van der Waals surface area contributed by atoms with E-state index in [2.05, 4.69) is 40.8 Å². The maximum Gasteiger partial charge on any atom is 0.0686 e. The van der Waals surface area contributed by atoms with Crippen LogP contribution in [-0.4, -0.2) is 12.0 Å². The molecular weight excluding hydrogens is 216 g/mol. The van der Waals surface area contributed by atoms with E-state index in [1.54, 1.807) is 11.3 Å². The van der Waals surface area contributed by atoms with Gasteiger partial charge in [0.05, 0.1) is 6.04 Å². The Kier molecular flexibility index (Phi) is 3.36. The average molecular weight is 232 g/mol. The van der Waals surface area contributed by atoms with E-state index >= 15 is 0 Å². The van der Waals surface area contributed by atoms with Crippen molar-refractivity contribution in [3.05, 3.63) is 51.5 Å². The van der Waals surface area contributed by atoms with Gasteiger partial charge in [0, 0.05) is 16.8 Å². The minimum Gasteiger partial charge on any atom is -0.309 e. The molecule has 0 radical (unpaired) electrons. The van der Waals surface area contributed by atoms with E-state index < -0.39 is 0 Å². The van der Waals surface area contributed by atoms with Gasteiger partial charge in [-0.1, -0.05) is 6.07 Å². The number of pyridine rings is 1. The van der Waals surface area contributed by atoms with Crippen molar-refractivity contribution in [2.75, 3.05) is 7.05 Å². The van der Waals surface area contributed by atoms with Gasteiger partial charge < -0.3 is 5.32 Å². The smallest absolute Gasteiger partial charge is 0.0686 e.